The number of benzene rings is 5. The predicted molar refractivity (Wildman–Crippen MR) is 177 cm³/mol. The van der Waals surface area contributed by atoms with Crippen molar-refractivity contribution in [3.63, 3.8) is 0 Å². The number of hydrogen-bond donors (Lipinski definition) is 0. The van der Waals surface area contributed by atoms with Crippen molar-refractivity contribution in [2.45, 2.75) is 0 Å². The number of aromatic nitrogens is 5. The van der Waals surface area contributed by atoms with Gasteiger partial charge in [-0.25, -0.2) is 9.67 Å². The maximum atomic E-state index is 6.52. The van der Waals surface area contributed by atoms with E-state index in [1.807, 2.05) is 65.6 Å². The van der Waals surface area contributed by atoms with Crippen LogP contribution in [0.15, 0.2) is 152 Å². The van der Waals surface area contributed by atoms with Crippen LogP contribution in [-0.2, 0) is 0 Å². The normalized spacial score (nSPS) is 11.6. The van der Waals surface area contributed by atoms with Crippen molar-refractivity contribution in [1.82, 2.24) is 23.9 Å². The lowest BCUT2D eigenvalue weighted by molar-refractivity contribution is 0.483. The number of para-hydroxylation sites is 3. The van der Waals surface area contributed by atoms with Crippen LogP contribution in [0.4, 0.5) is 0 Å². The molecule has 6 nitrogen and oxygen atoms in total. The van der Waals surface area contributed by atoms with E-state index in [4.69, 9.17) is 9.84 Å². The van der Waals surface area contributed by atoms with Crippen molar-refractivity contribution >= 4 is 43.7 Å². The molecule has 0 saturated carbocycles. The van der Waals surface area contributed by atoms with Gasteiger partial charge in [-0.1, -0.05) is 66.7 Å². The molecule has 44 heavy (non-hydrogen) atoms. The van der Waals surface area contributed by atoms with Crippen molar-refractivity contribution in [1.29, 1.82) is 0 Å². The summed E-state index contributed by atoms with van der Waals surface area (Å²) in [5, 5.41) is 9.45. The lowest BCUT2D eigenvalue weighted by Gasteiger charge is -2.12. The molecule has 208 valence electrons. The van der Waals surface area contributed by atoms with Crippen LogP contribution in [0.25, 0.3) is 60.9 Å². The van der Waals surface area contributed by atoms with E-state index in [9.17, 15) is 0 Å². The summed E-state index contributed by atoms with van der Waals surface area (Å²) in [4.78, 5) is 4.66. The van der Waals surface area contributed by atoms with Gasteiger partial charge in [-0.3, -0.25) is 9.13 Å². The van der Waals surface area contributed by atoms with Crippen molar-refractivity contribution in [2.75, 3.05) is 0 Å². The van der Waals surface area contributed by atoms with E-state index in [1.165, 1.54) is 10.8 Å². The number of nitrogens with zero attached hydrogens (tertiary/aromatic N) is 5. The molecule has 0 aliphatic heterocycles. The van der Waals surface area contributed by atoms with Gasteiger partial charge in [0, 0.05) is 45.6 Å². The zero-order valence-electron chi connectivity index (χ0n) is 23.6. The van der Waals surface area contributed by atoms with Crippen LogP contribution in [0.5, 0.6) is 11.5 Å². The quantitative estimate of drug-likeness (QED) is 0.208. The van der Waals surface area contributed by atoms with Crippen molar-refractivity contribution in [2.24, 2.45) is 0 Å². The van der Waals surface area contributed by atoms with Gasteiger partial charge in [0.15, 0.2) is 0 Å². The molecule has 4 aromatic heterocycles. The summed E-state index contributed by atoms with van der Waals surface area (Å²) >= 11 is 0. The van der Waals surface area contributed by atoms with Crippen LogP contribution in [0.2, 0.25) is 0 Å². The van der Waals surface area contributed by atoms with Gasteiger partial charge >= 0.3 is 0 Å². The molecule has 0 bridgehead atoms. The Labute approximate surface area is 252 Å². The summed E-state index contributed by atoms with van der Waals surface area (Å²) in [6, 6.07) is 47.6. The Morgan fingerprint density at radius 2 is 1.16 bits per heavy atom. The lowest BCUT2D eigenvalue weighted by atomic mass is 10.1. The van der Waals surface area contributed by atoms with Gasteiger partial charge in [-0.2, -0.15) is 5.10 Å². The van der Waals surface area contributed by atoms with Crippen LogP contribution in [0, 0.1) is 0 Å². The molecule has 0 N–H and O–H groups in total. The van der Waals surface area contributed by atoms with Crippen LogP contribution >= 0.6 is 0 Å². The Kier molecular flexibility index (Phi) is 5.40. The molecule has 9 aromatic rings. The van der Waals surface area contributed by atoms with Gasteiger partial charge in [0.05, 0.1) is 28.4 Å². The molecule has 0 amide bonds. The minimum absolute atomic E-state index is 0.730. The second-order valence-electron chi connectivity index (χ2n) is 10.8. The van der Waals surface area contributed by atoms with E-state index in [1.54, 1.807) is 0 Å². The third-order valence-electron chi connectivity index (χ3n) is 8.23. The van der Waals surface area contributed by atoms with E-state index in [2.05, 4.69) is 105 Å². The summed E-state index contributed by atoms with van der Waals surface area (Å²) in [6.45, 7) is 0. The molecule has 6 heteroatoms. The summed E-state index contributed by atoms with van der Waals surface area (Å²) in [6.07, 6.45) is 3.78. The molecule has 0 aliphatic rings. The monoisotopic (exact) mass is 567 g/mol. The zero-order chi connectivity index (χ0) is 29.0. The molecule has 0 saturated heterocycles. The van der Waals surface area contributed by atoms with E-state index < -0.39 is 0 Å². The number of pyridine rings is 1. The molecular formula is C38H25N5O. The smallest absolute Gasteiger partial charge is 0.149 e. The fourth-order valence-corrected chi connectivity index (χ4v) is 6.35. The Morgan fingerprint density at radius 1 is 0.477 bits per heavy atom. The zero-order valence-corrected chi connectivity index (χ0v) is 23.6. The molecule has 0 radical (unpaired) electrons. The van der Waals surface area contributed by atoms with Gasteiger partial charge in [-0.05, 0) is 60.7 Å². The van der Waals surface area contributed by atoms with E-state index >= 15 is 0 Å². The molecular weight excluding hydrogens is 542 g/mol. The van der Waals surface area contributed by atoms with Crippen LogP contribution in [0.3, 0.4) is 0 Å². The molecule has 0 atom stereocenters. The first-order chi connectivity index (χ1) is 21.8. The number of rotatable bonds is 5. The Balaban J connectivity index is 1.16. The van der Waals surface area contributed by atoms with Gasteiger partial charge < -0.3 is 4.74 Å². The Hall–Kier alpha value is -6.14. The number of hydrogen-bond acceptors (Lipinski definition) is 3. The highest BCUT2D eigenvalue weighted by atomic mass is 16.5. The average Bonchev–Trinajstić information content (AvgIpc) is 3.75. The van der Waals surface area contributed by atoms with Crippen molar-refractivity contribution in [3.8, 4) is 28.7 Å². The fraction of sp³-hybridized carbons (Fsp3) is 0. The van der Waals surface area contributed by atoms with Crippen LogP contribution < -0.4 is 4.74 Å². The Morgan fingerprint density at radius 3 is 1.98 bits per heavy atom. The summed E-state index contributed by atoms with van der Waals surface area (Å²) in [7, 11) is 0. The second kappa shape index (κ2) is 9.71. The van der Waals surface area contributed by atoms with Gasteiger partial charge in [-0.15, -0.1) is 0 Å². The maximum Gasteiger partial charge on any atom is 0.149 e. The van der Waals surface area contributed by atoms with E-state index in [0.29, 0.717) is 0 Å². The molecule has 0 aliphatic carbocycles. The predicted octanol–water partition coefficient (Wildman–Crippen LogP) is 9.25. The van der Waals surface area contributed by atoms with Gasteiger partial charge in [0.1, 0.15) is 23.0 Å². The van der Waals surface area contributed by atoms with Gasteiger partial charge in [0.25, 0.3) is 0 Å². The van der Waals surface area contributed by atoms with Crippen molar-refractivity contribution in [3.05, 3.63) is 152 Å². The van der Waals surface area contributed by atoms with Crippen LogP contribution in [-0.4, -0.2) is 23.9 Å². The standard InChI is InChI=1S/C38H25N5O/c1-2-11-26(12-3-1)41-34-17-6-5-16-31(34)33-25-40-43(38(33)41)27-13-10-14-28(23-27)44-29-20-21-32-30-15-4-7-18-35(30)42(36(32)24-29)37-19-8-9-22-39-37/h1-25H. The van der Waals surface area contributed by atoms with Crippen molar-refractivity contribution < 1.29 is 4.74 Å². The molecule has 4 heterocycles. The second-order valence-corrected chi connectivity index (χ2v) is 10.8. The minimum Gasteiger partial charge on any atom is -0.457 e. The lowest BCUT2D eigenvalue weighted by Crippen LogP contribution is -2.03. The average molecular weight is 568 g/mol. The van der Waals surface area contributed by atoms with Gasteiger partial charge in [0.2, 0.25) is 0 Å². The summed E-state index contributed by atoms with van der Waals surface area (Å²) in [5.41, 5.74) is 6.31. The molecule has 0 spiro atoms. The minimum atomic E-state index is 0.730. The highest BCUT2D eigenvalue weighted by Gasteiger charge is 2.18. The number of fused-ring (bicyclic) bond motifs is 6. The summed E-state index contributed by atoms with van der Waals surface area (Å²) < 4.78 is 13.0. The third kappa shape index (κ3) is 3.75. The summed E-state index contributed by atoms with van der Waals surface area (Å²) in [5.74, 6) is 2.35. The van der Waals surface area contributed by atoms with Crippen LogP contribution in [0.1, 0.15) is 0 Å². The highest BCUT2D eigenvalue weighted by molar-refractivity contribution is 6.10. The third-order valence-corrected chi connectivity index (χ3v) is 8.23. The molecule has 0 fully saturated rings. The fourth-order valence-electron chi connectivity index (χ4n) is 6.35. The topological polar surface area (TPSA) is 49.8 Å². The number of ether oxygens (including phenoxy) is 1. The SMILES string of the molecule is c1ccc(-n2c3ccccc3c3cnn(-c4cccc(Oc5ccc6c7ccccc7n(-c7ccccn7)c6c5)c4)c32)cc1. The largest absolute Gasteiger partial charge is 0.457 e. The first-order valence-electron chi connectivity index (χ1n) is 14.6. The molecule has 9 rings (SSSR count). The first kappa shape index (κ1) is 24.5. The first-order valence-corrected chi connectivity index (χ1v) is 14.6. The maximum absolute atomic E-state index is 6.52. The molecule has 0 unspecified atom stereocenters. The van der Waals surface area contributed by atoms with E-state index in [0.717, 1.165) is 61.7 Å². The molecule has 5 aromatic carbocycles. The Bertz CT molecular complexity index is 2470. The van der Waals surface area contributed by atoms with E-state index in [-0.39, 0.29) is 0 Å². The highest BCUT2D eigenvalue weighted by Crippen LogP contribution is 2.36.